The number of carbonyl (C=O) groups is 1. The topological polar surface area (TPSA) is 78.7 Å². The standard InChI is InChI=1S/C26H27NO5/c1-17-6-5-9-24(17)32-26-22(21-12-11-19-7-3-4-8-20(19)16-21)14-18(10-13-25(28)31-2)15-23(26)27(29)30/h3-4,7-8,11-12,14-17,24H,5-6,9-10,13H2,1-2H3. The number of methoxy groups -OCH3 is 1. The lowest BCUT2D eigenvalue weighted by Gasteiger charge is -2.21. The fraction of sp³-hybridized carbons (Fsp3) is 0.346. The minimum absolute atomic E-state index is 0.0474. The molecule has 0 heterocycles. The maximum absolute atomic E-state index is 12.1. The highest BCUT2D eigenvalue weighted by molar-refractivity contribution is 5.89. The van der Waals surface area contributed by atoms with Crippen LogP contribution >= 0.6 is 0 Å². The van der Waals surface area contributed by atoms with Crippen molar-refractivity contribution in [3.8, 4) is 16.9 Å². The molecule has 166 valence electrons. The highest BCUT2D eigenvalue weighted by Gasteiger charge is 2.30. The van der Waals surface area contributed by atoms with Crippen molar-refractivity contribution in [2.45, 2.75) is 45.1 Å². The van der Waals surface area contributed by atoms with Crippen LogP contribution in [0.3, 0.4) is 0 Å². The van der Waals surface area contributed by atoms with Crippen molar-refractivity contribution < 1.29 is 19.2 Å². The number of nitrogens with zero attached hydrogens (tertiary/aromatic N) is 1. The smallest absolute Gasteiger partial charge is 0.311 e. The van der Waals surface area contributed by atoms with E-state index in [4.69, 9.17) is 9.47 Å². The summed E-state index contributed by atoms with van der Waals surface area (Å²) >= 11 is 0. The molecule has 0 N–H and O–H groups in total. The minimum atomic E-state index is -0.388. The number of carbonyl (C=O) groups excluding carboxylic acids is 1. The molecule has 0 radical (unpaired) electrons. The number of benzene rings is 3. The highest BCUT2D eigenvalue weighted by atomic mass is 16.6. The van der Waals surface area contributed by atoms with Crippen molar-refractivity contribution in [3.63, 3.8) is 0 Å². The molecule has 3 aromatic rings. The lowest BCUT2D eigenvalue weighted by molar-refractivity contribution is -0.386. The van der Waals surface area contributed by atoms with Gasteiger partial charge in [-0.2, -0.15) is 0 Å². The van der Waals surface area contributed by atoms with Gasteiger partial charge in [0.2, 0.25) is 5.75 Å². The Hall–Kier alpha value is -3.41. The third-order valence-electron chi connectivity index (χ3n) is 6.28. The Kier molecular flexibility index (Phi) is 6.40. The predicted molar refractivity (Wildman–Crippen MR) is 124 cm³/mol. The molecule has 1 aliphatic carbocycles. The number of fused-ring (bicyclic) bond motifs is 1. The summed E-state index contributed by atoms with van der Waals surface area (Å²) in [5, 5.41) is 14.2. The van der Waals surface area contributed by atoms with Gasteiger partial charge in [-0.3, -0.25) is 14.9 Å². The van der Waals surface area contributed by atoms with E-state index in [1.54, 1.807) is 0 Å². The molecule has 0 bridgehead atoms. The second-order valence-electron chi connectivity index (χ2n) is 8.45. The molecule has 1 fully saturated rings. The molecule has 0 amide bonds. The number of nitro groups is 1. The lowest BCUT2D eigenvalue weighted by Crippen LogP contribution is -2.20. The summed E-state index contributed by atoms with van der Waals surface area (Å²) in [5.41, 5.74) is 2.18. The number of rotatable bonds is 7. The van der Waals surface area contributed by atoms with E-state index in [2.05, 4.69) is 6.92 Å². The molecule has 6 heteroatoms. The van der Waals surface area contributed by atoms with Gasteiger partial charge in [-0.05, 0) is 65.6 Å². The first-order chi connectivity index (χ1) is 15.5. The molecule has 32 heavy (non-hydrogen) atoms. The largest absolute Gasteiger partial charge is 0.483 e. The number of hydrogen-bond donors (Lipinski definition) is 0. The first-order valence-electron chi connectivity index (χ1n) is 11.0. The quantitative estimate of drug-likeness (QED) is 0.256. The van der Waals surface area contributed by atoms with Gasteiger partial charge < -0.3 is 9.47 Å². The number of hydrogen-bond acceptors (Lipinski definition) is 5. The molecule has 1 aliphatic rings. The monoisotopic (exact) mass is 433 g/mol. The van der Waals surface area contributed by atoms with Gasteiger partial charge in [0.05, 0.1) is 12.0 Å². The minimum Gasteiger partial charge on any atom is -0.483 e. The Morgan fingerprint density at radius 3 is 2.56 bits per heavy atom. The molecule has 0 aromatic heterocycles. The fourth-order valence-corrected chi connectivity index (χ4v) is 4.43. The van der Waals surface area contributed by atoms with Gasteiger partial charge in [0.15, 0.2) is 0 Å². The van der Waals surface area contributed by atoms with Gasteiger partial charge in [-0.1, -0.05) is 43.3 Å². The Bertz CT molecular complexity index is 1160. The van der Waals surface area contributed by atoms with Crippen LogP contribution < -0.4 is 4.74 Å². The van der Waals surface area contributed by atoms with E-state index in [1.807, 2.05) is 48.5 Å². The van der Waals surface area contributed by atoms with Gasteiger partial charge in [0.25, 0.3) is 0 Å². The Balaban J connectivity index is 1.84. The second kappa shape index (κ2) is 9.39. The summed E-state index contributed by atoms with van der Waals surface area (Å²) in [4.78, 5) is 23.3. The zero-order valence-corrected chi connectivity index (χ0v) is 18.4. The number of aryl methyl sites for hydroxylation is 1. The number of esters is 1. The third-order valence-corrected chi connectivity index (χ3v) is 6.28. The summed E-state index contributed by atoms with van der Waals surface area (Å²) in [6.07, 6.45) is 3.47. The van der Waals surface area contributed by atoms with Crippen LogP contribution in [-0.4, -0.2) is 24.1 Å². The van der Waals surface area contributed by atoms with E-state index in [0.717, 1.165) is 35.6 Å². The van der Waals surface area contributed by atoms with E-state index in [1.165, 1.54) is 13.2 Å². The van der Waals surface area contributed by atoms with Crippen LogP contribution in [0.1, 0.15) is 38.2 Å². The third kappa shape index (κ3) is 4.59. The Morgan fingerprint density at radius 2 is 1.88 bits per heavy atom. The van der Waals surface area contributed by atoms with Crippen LogP contribution in [0.2, 0.25) is 0 Å². The molecule has 0 saturated heterocycles. The van der Waals surface area contributed by atoms with Crippen LogP contribution in [-0.2, 0) is 16.0 Å². The second-order valence-corrected chi connectivity index (χ2v) is 8.45. The first kappa shape index (κ1) is 21.8. The van der Waals surface area contributed by atoms with E-state index in [9.17, 15) is 14.9 Å². The van der Waals surface area contributed by atoms with Gasteiger partial charge in [0.1, 0.15) is 6.10 Å². The van der Waals surface area contributed by atoms with E-state index in [-0.39, 0.29) is 29.1 Å². The molecule has 2 atom stereocenters. The molecule has 0 aliphatic heterocycles. The van der Waals surface area contributed by atoms with Gasteiger partial charge in [-0.25, -0.2) is 0 Å². The Morgan fingerprint density at radius 1 is 1.09 bits per heavy atom. The summed E-state index contributed by atoms with van der Waals surface area (Å²) in [5.74, 6) is 0.309. The maximum atomic E-state index is 12.1. The molecule has 6 nitrogen and oxygen atoms in total. The maximum Gasteiger partial charge on any atom is 0.311 e. The van der Waals surface area contributed by atoms with Gasteiger partial charge in [0, 0.05) is 18.1 Å². The normalized spacial score (nSPS) is 17.9. The van der Waals surface area contributed by atoms with Crippen molar-refractivity contribution in [1.82, 2.24) is 0 Å². The van der Waals surface area contributed by atoms with E-state index < -0.39 is 0 Å². The molecule has 0 spiro atoms. The molecule has 1 saturated carbocycles. The zero-order valence-electron chi connectivity index (χ0n) is 18.4. The van der Waals surface area contributed by atoms with Crippen LogP contribution in [0, 0.1) is 16.0 Å². The SMILES string of the molecule is COC(=O)CCc1cc(-c2ccc3ccccc3c2)c(OC2CCCC2C)c([N+](=O)[O-])c1. The average Bonchev–Trinajstić information content (AvgIpc) is 3.21. The first-order valence-corrected chi connectivity index (χ1v) is 11.0. The number of nitro benzene ring substituents is 1. The fourth-order valence-electron chi connectivity index (χ4n) is 4.43. The molecule has 3 aromatic carbocycles. The molecular formula is C26H27NO5. The summed E-state index contributed by atoms with van der Waals surface area (Å²) < 4.78 is 11.1. The van der Waals surface area contributed by atoms with Crippen LogP contribution in [0.5, 0.6) is 5.75 Å². The van der Waals surface area contributed by atoms with Gasteiger partial charge >= 0.3 is 11.7 Å². The molecular weight excluding hydrogens is 406 g/mol. The van der Waals surface area contributed by atoms with E-state index in [0.29, 0.717) is 29.2 Å². The summed E-state index contributed by atoms with van der Waals surface area (Å²) in [6, 6.07) is 17.5. The number of ether oxygens (including phenoxy) is 2. The van der Waals surface area contributed by atoms with Crippen LogP contribution in [0.15, 0.2) is 54.6 Å². The van der Waals surface area contributed by atoms with E-state index >= 15 is 0 Å². The summed E-state index contributed by atoms with van der Waals surface area (Å²) in [7, 11) is 1.34. The summed E-state index contributed by atoms with van der Waals surface area (Å²) in [6.45, 7) is 2.13. The van der Waals surface area contributed by atoms with Gasteiger partial charge in [-0.15, -0.1) is 0 Å². The van der Waals surface area contributed by atoms with Crippen molar-refractivity contribution in [3.05, 3.63) is 70.3 Å². The van der Waals surface area contributed by atoms with Crippen molar-refractivity contribution in [1.29, 1.82) is 0 Å². The van der Waals surface area contributed by atoms with Crippen LogP contribution in [0.4, 0.5) is 5.69 Å². The predicted octanol–water partition coefficient (Wildman–Crippen LogP) is 6.09. The average molecular weight is 434 g/mol. The van der Waals surface area contributed by atoms with Crippen molar-refractivity contribution in [2.24, 2.45) is 5.92 Å². The zero-order chi connectivity index (χ0) is 22.7. The highest BCUT2D eigenvalue weighted by Crippen LogP contribution is 2.43. The molecule has 2 unspecified atom stereocenters. The van der Waals surface area contributed by atoms with Crippen molar-refractivity contribution in [2.75, 3.05) is 7.11 Å². The van der Waals surface area contributed by atoms with Crippen LogP contribution in [0.25, 0.3) is 21.9 Å². The lowest BCUT2D eigenvalue weighted by atomic mass is 9.96. The molecule has 4 rings (SSSR count). The Labute approximate surface area is 187 Å². The van der Waals surface area contributed by atoms with Crippen molar-refractivity contribution >= 4 is 22.4 Å².